The molecule has 1 aliphatic carbocycles. The minimum Gasteiger partial charge on any atom is -0.454 e. The van der Waals surface area contributed by atoms with Gasteiger partial charge in [0.05, 0.1) is 16.7 Å². The van der Waals surface area contributed by atoms with Crippen LogP contribution in [-0.2, 0) is 5.41 Å². The van der Waals surface area contributed by atoms with Gasteiger partial charge in [-0.15, -0.1) is 0 Å². The molecule has 3 heteroatoms. The van der Waals surface area contributed by atoms with E-state index in [2.05, 4.69) is 198 Å². The molecule has 0 saturated heterocycles. The Labute approximate surface area is 307 Å². The van der Waals surface area contributed by atoms with E-state index in [9.17, 15) is 0 Å². The van der Waals surface area contributed by atoms with Crippen LogP contribution in [0.2, 0.25) is 0 Å². The van der Waals surface area contributed by atoms with Gasteiger partial charge in [0.2, 0.25) is 0 Å². The molecule has 10 aromatic rings. The zero-order valence-electron chi connectivity index (χ0n) is 29.2. The predicted octanol–water partition coefficient (Wildman–Crippen LogP) is 13.5. The average molecular weight is 679 g/mol. The molecule has 53 heavy (non-hydrogen) atoms. The minimum absolute atomic E-state index is 0.270. The Morgan fingerprint density at radius 1 is 0.472 bits per heavy atom. The van der Waals surface area contributed by atoms with Crippen LogP contribution in [0.3, 0.4) is 0 Å². The van der Waals surface area contributed by atoms with E-state index in [0.29, 0.717) is 0 Å². The summed E-state index contributed by atoms with van der Waals surface area (Å²) in [5.74, 6) is 0. The highest BCUT2D eigenvalue weighted by molar-refractivity contribution is 6.13. The Morgan fingerprint density at radius 3 is 1.85 bits per heavy atom. The van der Waals surface area contributed by atoms with Crippen LogP contribution in [-0.4, -0.2) is 4.57 Å². The van der Waals surface area contributed by atoms with Gasteiger partial charge in [0.25, 0.3) is 0 Å². The Balaban J connectivity index is 1.13. The molecule has 3 nitrogen and oxygen atoms in total. The molecule has 250 valence electrons. The van der Waals surface area contributed by atoms with Crippen LogP contribution in [0.15, 0.2) is 192 Å². The summed E-state index contributed by atoms with van der Waals surface area (Å²) >= 11 is 0. The van der Waals surface area contributed by atoms with E-state index in [1.807, 2.05) is 6.07 Å². The summed E-state index contributed by atoms with van der Waals surface area (Å²) in [6, 6.07) is 67.9. The molecule has 0 saturated carbocycles. The number of rotatable bonds is 5. The van der Waals surface area contributed by atoms with Crippen molar-refractivity contribution in [2.75, 3.05) is 4.90 Å². The molecular weight excluding hydrogens is 645 g/mol. The molecule has 2 aromatic heterocycles. The lowest BCUT2D eigenvalue weighted by Gasteiger charge is -2.30. The van der Waals surface area contributed by atoms with Crippen molar-refractivity contribution < 1.29 is 4.42 Å². The van der Waals surface area contributed by atoms with Gasteiger partial charge >= 0.3 is 0 Å². The third kappa shape index (κ3) is 4.28. The van der Waals surface area contributed by atoms with Crippen LogP contribution in [0.5, 0.6) is 0 Å². The number of furan rings is 1. The van der Waals surface area contributed by atoms with Gasteiger partial charge in [-0.25, -0.2) is 0 Å². The van der Waals surface area contributed by atoms with Gasteiger partial charge in [-0.3, -0.25) is 0 Å². The average Bonchev–Trinajstić information content (AvgIpc) is 3.86. The first-order valence-corrected chi connectivity index (χ1v) is 18.3. The quantitative estimate of drug-likeness (QED) is 0.181. The Bertz CT molecular complexity index is 2980. The summed E-state index contributed by atoms with van der Waals surface area (Å²) in [6.07, 6.45) is 0. The molecule has 0 amide bonds. The lowest BCUT2D eigenvalue weighted by atomic mass is 9.74. The summed E-state index contributed by atoms with van der Waals surface area (Å²) in [4.78, 5) is 2.36. The van der Waals surface area contributed by atoms with E-state index in [1.165, 1.54) is 49.6 Å². The largest absolute Gasteiger partial charge is 0.454 e. The Morgan fingerprint density at radius 2 is 1.08 bits per heavy atom. The fourth-order valence-corrected chi connectivity index (χ4v) is 9.00. The van der Waals surface area contributed by atoms with Crippen LogP contribution >= 0.6 is 0 Å². The van der Waals surface area contributed by atoms with E-state index in [1.54, 1.807) is 0 Å². The third-order valence-corrected chi connectivity index (χ3v) is 11.5. The SMILES string of the molecule is CC1(c2ccc(N(c3ccc4c(c3)c3ccccc3n4-c3ccccc3)c3cccc4c3oc3ccccc34)cc2)c2ccccc2-c2ccccc21. The highest BCUT2D eigenvalue weighted by Gasteiger charge is 2.40. The van der Waals surface area contributed by atoms with Crippen LogP contribution < -0.4 is 4.90 Å². The predicted molar refractivity (Wildman–Crippen MR) is 220 cm³/mol. The molecule has 0 aliphatic heterocycles. The van der Waals surface area contributed by atoms with E-state index in [4.69, 9.17) is 4.42 Å². The molecule has 0 fully saturated rings. The second-order valence-electron chi connectivity index (χ2n) is 14.2. The zero-order chi connectivity index (χ0) is 35.1. The van der Waals surface area contributed by atoms with Gasteiger partial charge in [0, 0.05) is 44.0 Å². The number of hydrogen-bond donors (Lipinski definition) is 0. The summed E-state index contributed by atoms with van der Waals surface area (Å²) in [5, 5.41) is 4.64. The van der Waals surface area contributed by atoms with Gasteiger partial charge in [0.1, 0.15) is 5.58 Å². The molecule has 2 heterocycles. The normalized spacial score (nSPS) is 13.2. The smallest absolute Gasteiger partial charge is 0.159 e. The van der Waals surface area contributed by atoms with E-state index in [0.717, 1.165) is 44.7 Å². The van der Waals surface area contributed by atoms with E-state index in [-0.39, 0.29) is 5.41 Å². The van der Waals surface area contributed by atoms with Crippen LogP contribution in [0.4, 0.5) is 17.1 Å². The maximum Gasteiger partial charge on any atom is 0.159 e. The number of benzene rings is 8. The number of hydrogen-bond acceptors (Lipinski definition) is 2. The maximum atomic E-state index is 6.68. The first-order chi connectivity index (χ1) is 26.2. The van der Waals surface area contributed by atoms with Crippen molar-refractivity contribution in [3.63, 3.8) is 0 Å². The minimum atomic E-state index is -0.270. The van der Waals surface area contributed by atoms with Crippen LogP contribution in [0.25, 0.3) is 60.6 Å². The lowest BCUT2D eigenvalue weighted by molar-refractivity contribution is 0.669. The number of aromatic nitrogens is 1. The fourth-order valence-electron chi connectivity index (χ4n) is 9.00. The van der Waals surface area contributed by atoms with E-state index < -0.39 is 0 Å². The molecular formula is C50H34N2O. The molecule has 0 atom stereocenters. The molecule has 0 unspecified atom stereocenters. The Kier molecular flexibility index (Phi) is 6.38. The third-order valence-electron chi connectivity index (χ3n) is 11.5. The van der Waals surface area contributed by atoms with Crippen molar-refractivity contribution >= 4 is 60.8 Å². The van der Waals surface area contributed by atoms with Gasteiger partial charge in [0.15, 0.2) is 5.58 Å². The first kappa shape index (κ1) is 29.8. The van der Waals surface area contributed by atoms with Crippen molar-refractivity contribution in [3.8, 4) is 16.8 Å². The van der Waals surface area contributed by atoms with Crippen molar-refractivity contribution in [1.82, 2.24) is 4.57 Å². The molecule has 1 aliphatic rings. The van der Waals surface area contributed by atoms with Gasteiger partial charge in [-0.1, -0.05) is 127 Å². The summed E-state index contributed by atoms with van der Waals surface area (Å²) in [6.45, 7) is 2.37. The molecule has 0 radical (unpaired) electrons. The van der Waals surface area contributed by atoms with Crippen molar-refractivity contribution in [2.45, 2.75) is 12.3 Å². The first-order valence-electron chi connectivity index (χ1n) is 18.3. The Hall–Kier alpha value is -6.84. The number of fused-ring (bicyclic) bond motifs is 9. The standard InChI is InChI=1S/C50H34N2O/c1-50(43-21-9-5-16-37(43)38-17-6-10-22-44(38)50)33-26-28-35(29-27-33)51(47-24-13-20-41-40-19-8-12-25-48(40)53-49(41)47)36-30-31-46-42(32-36)39-18-7-11-23-45(39)52(46)34-14-3-2-4-15-34/h2-32H,1H3. The summed E-state index contributed by atoms with van der Waals surface area (Å²) < 4.78 is 9.05. The summed E-state index contributed by atoms with van der Waals surface area (Å²) in [5.41, 5.74) is 14.7. The highest BCUT2D eigenvalue weighted by atomic mass is 16.3. The van der Waals surface area contributed by atoms with Gasteiger partial charge in [-0.05, 0) is 95.4 Å². The fraction of sp³-hybridized carbons (Fsp3) is 0.0400. The molecule has 0 N–H and O–H groups in total. The van der Waals surface area contributed by atoms with Gasteiger partial charge < -0.3 is 13.9 Å². The number of para-hydroxylation sites is 4. The van der Waals surface area contributed by atoms with Crippen LogP contribution in [0.1, 0.15) is 23.6 Å². The van der Waals surface area contributed by atoms with E-state index >= 15 is 0 Å². The molecule has 8 aromatic carbocycles. The molecule has 11 rings (SSSR count). The lowest BCUT2D eigenvalue weighted by Crippen LogP contribution is -2.22. The summed E-state index contributed by atoms with van der Waals surface area (Å²) in [7, 11) is 0. The zero-order valence-corrected chi connectivity index (χ0v) is 29.2. The second-order valence-corrected chi connectivity index (χ2v) is 14.2. The van der Waals surface area contributed by atoms with Crippen molar-refractivity contribution in [2.24, 2.45) is 0 Å². The molecule has 0 bridgehead atoms. The maximum absolute atomic E-state index is 6.68. The van der Waals surface area contributed by atoms with Crippen molar-refractivity contribution in [3.05, 3.63) is 205 Å². The monoisotopic (exact) mass is 678 g/mol. The van der Waals surface area contributed by atoms with Crippen LogP contribution in [0, 0.1) is 0 Å². The number of anilines is 3. The second kappa shape index (κ2) is 11.3. The van der Waals surface area contributed by atoms with Crippen molar-refractivity contribution in [1.29, 1.82) is 0 Å². The molecule has 0 spiro atoms. The highest BCUT2D eigenvalue weighted by Crippen LogP contribution is 2.53. The topological polar surface area (TPSA) is 21.3 Å². The number of nitrogens with zero attached hydrogens (tertiary/aromatic N) is 2. The van der Waals surface area contributed by atoms with Gasteiger partial charge in [-0.2, -0.15) is 0 Å².